The molecule has 2 heterocycles. The molecule has 0 aliphatic heterocycles. The maximum atomic E-state index is 13.9. The van der Waals surface area contributed by atoms with Gasteiger partial charge < -0.3 is 4.74 Å². The lowest BCUT2D eigenvalue weighted by Gasteiger charge is -2.11. The van der Waals surface area contributed by atoms with Crippen molar-refractivity contribution in [2.75, 3.05) is 7.11 Å². The van der Waals surface area contributed by atoms with Crippen molar-refractivity contribution in [2.24, 2.45) is 0 Å². The average molecular weight is 509 g/mol. The summed E-state index contributed by atoms with van der Waals surface area (Å²) in [6, 6.07) is 22.2. The Morgan fingerprint density at radius 2 is 1.79 bits per heavy atom. The smallest absolute Gasteiger partial charge is 0.196 e. The molecule has 0 bridgehead atoms. The summed E-state index contributed by atoms with van der Waals surface area (Å²) >= 11 is 9.21. The monoisotopic (exact) mass is 508 g/mol. The topological polar surface area (TPSA) is 52.8 Å². The summed E-state index contributed by atoms with van der Waals surface area (Å²) in [5, 5.41) is 12.6. The van der Waals surface area contributed by atoms with E-state index in [2.05, 4.69) is 15.6 Å². The van der Waals surface area contributed by atoms with E-state index in [0.717, 1.165) is 27.6 Å². The van der Waals surface area contributed by atoms with E-state index in [1.54, 1.807) is 30.6 Å². The van der Waals surface area contributed by atoms with Gasteiger partial charge >= 0.3 is 0 Å². The van der Waals surface area contributed by atoms with Crippen LogP contribution in [0.5, 0.6) is 5.75 Å². The van der Waals surface area contributed by atoms with Crippen molar-refractivity contribution in [2.45, 2.75) is 10.9 Å². The van der Waals surface area contributed by atoms with E-state index in [9.17, 15) is 4.39 Å². The van der Waals surface area contributed by atoms with Crippen molar-refractivity contribution in [3.05, 3.63) is 94.7 Å². The van der Waals surface area contributed by atoms with Gasteiger partial charge in [0, 0.05) is 22.3 Å². The minimum absolute atomic E-state index is 0.0369. The zero-order chi connectivity index (χ0) is 23.5. The Kier molecular flexibility index (Phi) is 6.62. The molecular formula is C25H18ClFN4OS2. The molecule has 0 radical (unpaired) electrons. The fourth-order valence-electron chi connectivity index (χ4n) is 3.37. The van der Waals surface area contributed by atoms with E-state index >= 15 is 0 Å². The van der Waals surface area contributed by atoms with Crippen molar-refractivity contribution >= 4 is 34.7 Å². The number of hydrogen-bond acceptors (Lipinski definition) is 6. The fourth-order valence-corrected chi connectivity index (χ4v) is 5.32. The van der Waals surface area contributed by atoms with Crippen LogP contribution >= 0.6 is 34.7 Å². The van der Waals surface area contributed by atoms with Gasteiger partial charge in [-0.15, -0.1) is 21.5 Å². The number of hydrogen-bond donors (Lipinski definition) is 0. The van der Waals surface area contributed by atoms with Crippen LogP contribution < -0.4 is 4.74 Å². The molecule has 0 saturated heterocycles. The molecule has 2 aromatic heterocycles. The number of nitrogens with zero attached hydrogens (tertiary/aromatic N) is 4. The predicted molar refractivity (Wildman–Crippen MR) is 135 cm³/mol. The van der Waals surface area contributed by atoms with Crippen molar-refractivity contribution in [1.29, 1.82) is 0 Å². The Hall–Kier alpha value is -3.20. The van der Waals surface area contributed by atoms with Gasteiger partial charge in [0.1, 0.15) is 16.6 Å². The Balaban J connectivity index is 1.47. The fraction of sp³-hybridized carbons (Fsp3) is 0.0800. The van der Waals surface area contributed by atoms with Gasteiger partial charge in [-0.1, -0.05) is 53.7 Å². The summed E-state index contributed by atoms with van der Waals surface area (Å²) in [5.74, 6) is 1.50. The molecule has 0 saturated carbocycles. The highest BCUT2D eigenvalue weighted by Crippen LogP contribution is 2.33. The van der Waals surface area contributed by atoms with Gasteiger partial charge in [0.15, 0.2) is 11.0 Å². The van der Waals surface area contributed by atoms with Crippen LogP contribution in [0.1, 0.15) is 5.69 Å². The number of thiazole rings is 1. The SMILES string of the molecule is COc1ccc(-c2nnc(SCc3csc(-c4ccccc4)n3)n2-c2ccc(F)c(Cl)c2)cc1. The Morgan fingerprint density at radius 3 is 2.53 bits per heavy atom. The first-order valence-corrected chi connectivity index (χ1v) is 12.5. The van der Waals surface area contributed by atoms with Gasteiger partial charge in [-0.05, 0) is 42.5 Å². The Morgan fingerprint density at radius 1 is 1.00 bits per heavy atom. The van der Waals surface area contributed by atoms with Gasteiger partial charge in [0.25, 0.3) is 0 Å². The summed E-state index contributed by atoms with van der Waals surface area (Å²) in [7, 11) is 1.62. The number of thioether (sulfide) groups is 1. The van der Waals surface area contributed by atoms with E-state index < -0.39 is 5.82 Å². The van der Waals surface area contributed by atoms with Crippen LogP contribution in [0.15, 0.2) is 83.3 Å². The maximum absolute atomic E-state index is 13.9. The lowest BCUT2D eigenvalue weighted by Crippen LogP contribution is -2.00. The second kappa shape index (κ2) is 9.97. The molecule has 3 aromatic carbocycles. The van der Waals surface area contributed by atoms with Crippen LogP contribution in [-0.2, 0) is 5.75 Å². The normalized spacial score (nSPS) is 11.0. The van der Waals surface area contributed by atoms with Gasteiger partial charge in [0.2, 0.25) is 0 Å². The van der Waals surface area contributed by atoms with Crippen molar-refractivity contribution < 1.29 is 9.13 Å². The van der Waals surface area contributed by atoms with E-state index in [1.807, 2.05) is 59.2 Å². The predicted octanol–water partition coefficient (Wildman–Crippen LogP) is 7.15. The number of benzene rings is 3. The lowest BCUT2D eigenvalue weighted by molar-refractivity contribution is 0.415. The van der Waals surface area contributed by atoms with E-state index in [1.165, 1.54) is 17.8 Å². The summed E-state index contributed by atoms with van der Waals surface area (Å²) in [6.07, 6.45) is 0. The van der Waals surface area contributed by atoms with Gasteiger partial charge in [-0.3, -0.25) is 4.57 Å². The zero-order valence-corrected chi connectivity index (χ0v) is 20.4. The van der Waals surface area contributed by atoms with E-state index in [-0.39, 0.29) is 5.02 Å². The third-order valence-electron chi connectivity index (χ3n) is 5.06. The summed E-state index contributed by atoms with van der Waals surface area (Å²) < 4.78 is 21.0. The number of halogens is 2. The molecule has 0 atom stereocenters. The molecule has 0 amide bonds. The van der Waals surface area contributed by atoms with Crippen molar-refractivity contribution in [3.63, 3.8) is 0 Å². The van der Waals surface area contributed by atoms with Crippen molar-refractivity contribution in [1.82, 2.24) is 19.7 Å². The van der Waals surface area contributed by atoms with Crippen LogP contribution in [-0.4, -0.2) is 26.9 Å². The molecule has 9 heteroatoms. The van der Waals surface area contributed by atoms with Gasteiger partial charge in [-0.2, -0.15) is 0 Å². The average Bonchev–Trinajstić information content (AvgIpc) is 3.52. The summed E-state index contributed by atoms with van der Waals surface area (Å²) in [4.78, 5) is 4.76. The number of aromatic nitrogens is 4. The highest BCUT2D eigenvalue weighted by Gasteiger charge is 2.18. The summed E-state index contributed by atoms with van der Waals surface area (Å²) in [6.45, 7) is 0. The first-order chi connectivity index (χ1) is 16.6. The molecule has 0 aliphatic rings. The quantitative estimate of drug-likeness (QED) is 0.218. The molecule has 0 aliphatic carbocycles. The van der Waals surface area contributed by atoms with E-state index in [4.69, 9.17) is 21.3 Å². The Labute approximate surface area is 209 Å². The van der Waals surface area contributed by atoms with Crippen LogP contribution in [0.25, 0.3) is 27.6 Å². The van der Waals surface area contributed by atoms with Crippen molar-refractivity contribution in [3.8, 4) is 33.4 Å². The molecule has 5 aromatic rings. The molecule has 0 N–H and O–H groups in total. The second-order valence-electron chi connectivity index (χ2n) is 7.27. The van der Waals surface area contributed by atoms with Gasteiger partial charge in [-0.25, -0.2) is 9.37 Å². The molecule has 170 valence electrons. The third kappa shape index (κ3) is 4.70. The standard InChI is InChI=1S/C25H18ClFN4OS2/c1-32-20-10-7-16(8-11-20)23-29-30-25(31(23)19-9-12-22(27)21(26)13-19)34-15-18-14-33-24(28-18)17-5-3-2-4-6-17/h2-14H,15H2,1H3. The molecule has 0 fully saturated rings. The molecule has 0 spiro atoms. The highest BCUT2D eigenvalue weighted by atomic mass is 35.5. The minimum Gasteiger partial charge on any atom is -0.497 e. The zero-order valence-electron chi connectivity index (χ0n) is 18.0. The number of ether oxygens (including phenoxy) is 1. The van der Waals surface area contributed by atoms with Gasteiger partial charge in [0.05, 0.1) is 23.5 Å². The number of methoxy groups -OCH3 is 1. The first kappa shape index (κ1) is 22.6. The molecule has 0 unspecified atom stereocenters. The molecular weight excluding hydrogens is 491 g/mol. The third-order valence-corrected chi connectivity index (χ3v) is 7.26. The molecule has 34 heavy (non-hydrogen) atoms. The molecule has 5 nitrogen and oxygen atoms in total. The summed E-state index contributed by atoms with van der Waals surface area (Å²) in [5.41, 5.74) is 3.56. The lowest BCUT2D eigenvalue weighted by atomic mass is 10.2. The second-order valence-corrected chi connectivity index (χ2v) is 9.48. The van der Waals surface area contributed by atoms with Crippen LogP contribution in [0, 0.1) is 5.82 Å². The molecule has 5 rings (SSSR count). The first-order valence-electron chi connectivity index (χ1n) is 10.3. The van der Waals surface area contributed by atoms with Crippen LogP contribution in [0.3, 0.4) is 0 Å². The van der Waals surface area contributed by atoms with Crippen LogP contribution in [0.2, 0.25) is 5.02 Å². The van der Waals surface area contributed by atoms with E-state index in [0.29, 0.717) is 22.4 Å². The number of rotatable bonds is 7. The Bertz CT molecular complexity index is 1420. The highest BCUT2D eigenvalue weighted by molar-refractivity contribution is 7.98. The maximum Gasteiger partial charge on any atom is 0.196 e. The van der Waals surface area contributed by atoms with Crippen LogP contribution in [0.4, 0.5) is 4.39 Å². The largest absolute Gasteiger partial charge is 0.497 e. The minimum atomic E-state index is -0.477.